The topological polar surface area (TPSA) is 259 Å². The smallest absolute Gasteiger partial charge is 0.387 e. The lowest BCUT2D eigenvalue weighted by molar-refractivity contribution is -0.138. The Bertz CT molecular complexity index is 1250. The van der Waals surface area contributed by atoms with Crippen molar-refractivity contribution >= 4 is 36.7 Å². The van der Waals surface area contributed by atoms with Gasteiger partial charge in [0.05, 0.1) is 19.0 Å². The number of nitrogen functional groups attached to an aromatic ring is 1. The van der Waals surface area contributed by atoms with Gasteiger partial charge < -0.3 is 41.6 Å². The van der Waals surface area contributed by atoms with Crippen LogP contribution in [0.1, 0.15) is 38.8 Å². The monoisotopic (exact) mass is 586 g/mol. The van der Waals surface area contributed by atoms with Crippen molar-refractivity contribution in [3.63, 3.8) is 0 Å². The van der Waals surface area contributed by atoms with Gasteiger partial charge in [0.2, 0.25) is 5.91 Å². The summed E-state index contributed by atoms with van der Waals surface area (Å²) in [4.78, 5) is 46.3. The lowest BCUT2D eigenvalue weighted by Gasteiger charge is -2.18. The number of amides is 1. The van der Waals surface area contributed by atoms with Crippen molar-refractivity contribution in [1.82, 2.24) is 30.2 Å². The lowest BCUT2D eigenvalue weighted by Crippen LogP contribution is -2.43. The Balaban J connectivity index is 1.19. The van der Waals surface area contributed by atoms with Gasteiger partial charge in [-0.1, -0.05) is 6.92 Å². The van der Waals surface area contributed by atoms with Crippen molar-refractivity contribution in [2.24, 2.45) is 11.7 Å². The Morgan fingerprint density at radius 3 is 2.80 bits per heavy atom. The van der Waals surface area contributed by atoms with Crippen LogP contribution in [0.5, 0.6) is 0 Å². The summed E-state index contributed by atoms with van der Waals surface area (Å²) in [6.07, 6.45) is -0.831. The molecule has 222 valence electrons. The molecule has 0 aliphatic carbocycles. The summed E-state index contributed by atoms with van der Waals surface area (Å²) in [5, 5.41) is 26.9. The summed E-state index contributed by atoms with van der Waals surface area (Å²) in [6.45, 7) is 2.53. The molecule has 18 heteroatoms. The minimum absolute atomic E-state index is 0.0701. The van der Waals surface area contributed by atoms with Crippen molar-refractivity contribution in [2.75, 3.05) is 25.4 Å². The number of hydrogen-bond donors (Lipinski definition) is 7. The predicted octanol–water partition coefficient (Wildman–Crippen LogP) is -1.70. The van der Waals surface area contributed by atoms with E-state index in [-0.39, 0.29) is 41.3 Å². The molecule has 8 atom stereocenters. The minimum atomic E-state index is -4.93. The first-order valence-corrected chi connectivity index (χ1v) is 14.4. The molecular weight excluding hydrogens is 551 g/mol. The molecule has 2 aromatic rings. The Hall–Kier alpha value is -2.76. The molecule has 0 bridgehead atoms. The highest BCUT2D eigenvalue weighted by Crippen LogP contribution is 2.45. The molecule has 0 radical (unpaired) electrons. The van der Waals surface area contributed by atoms with E-state index in [1.54, 1.807) is 0 Å². The van der Waals surface area contributed by atoms with Gasteiger partial charge in [-0.25, -0.2) is 24.3 Å². The standard InChI is InChI=1S/C22H35N8O9P/c1-11-5-7-25-14(11)20(33)26-6-3-2-4-12(23)22(34)39-40(35,36)37-8-13-16(31)17(32)21(38-13)30-10-29-15-18(24)27-9-28-19(15)30/h9-14,16-17,21,25,31-32H,2-8,23H2,1H3,(H,26,33)(H,35,36)(H2,24,27,28)/t11-,12-,13+,14+,16+,17-,21-/m1/s1. The van der Waals surface area contributed by atoms with E-state index in [9.17, 15) is 29.3 Å². The first-order valence-electron chi connectivity index (χ1n) is 12.9. The number of aliphatic hydroxyl groups excluding tert-OH is 2. The van der Waals surface area contributed by atoms with Gasteiger partial charge in [-0.3, -0.25) is 18.8 Å². The number of anilines is 1. The number of nitrogens with two attached hydrogens (primary N) is 2. The molecule has 2 fully saturated rings. The van der Waals surface area contributed by atoms with Gasteiger partial charge in [-0.05, 0) is 38.1 Å². The predicted molar refractivity (Wildman–Crippen MR) is 138 cm³/mol. The fraction of sp³-hybridized carbons (Fsp3) is 0.682. The van der Waals surface area contributed by atoms with Crippen molar-refractivity contribution < 1.29 is 43.0 Å². The molecule has 2 aromatic heterocycles. The Labute approximate surface area is 229 Å². The van der Waals surface area contributed by atoms with E-state index in [2.05, 4.69) is 30.1 Å². The SMILES string of the molecule is C[C@@H]1CCN[C@@H]1C(=O)NCCCC[C@@H](N)C(=O)OP(=O)(O)OC[C@@H]1O[C@@H](n2cnc3c(N)ncnc32)[C@H](O)[C@H]1O. The average molecular weight is 587 g/mol. The van der Waals surface area contributed by atoms with Crippen LogP contribution in [0.2, 0.25) is 0 Å². The first-order chi connectivity index (χ1) is 19.0. The number of nitrogens with zero attached hydrogens (tertiary/aromatic N) is 4. The van der Waals surface area contributed by atoms with Crippen molar-refractivity contribution in [3.8, 4) is 0 Å². The number of carbonyl (C=O) groups is 2. The average Bonchev–Trinajstić information content (AvgIpc) is 3.60. The molecule has 0 aromatic carbocycles. The number of phosphoric acid groups is 1. The summed E-state index contributed by atoms with van der Waals surface area (Å²) in [5.74, 6) is -0.844. The van der Waals surface area contributed by atoms with Crippen LogP contribution in [0.4, 0.5) is 5.82 Å². The van der Waals surface area contributed by atoms with Gasteiger partial charge in [0.25, 0.3) is 0 Å². The van der Waals surface area contributed by atoms with Crippen LogP contribution < -0.4 is 22.1 Å². The quantitative estimate of drug-likeness (QED) is 0.108. The molecule has 1 amide bonds. The van der Waals surface area contributed by atoms with E-state index in [0.717, 1.165) is 13.0 Å². The second-order valence-corrected chi connectivity index (χ2v) is 11.3. The molecule has 2 saturated heterocycles. The number of imidazole rings is 1. The van der Waals surface area contributed by atoms with E-state index in [1.807, 2.05) is 6.92 Å². The normalized spacial score (nSPS) is 28.8. The molecule has 4 rings (SSSR count). The number of hydrogen-bond acceptors (Lipinski definition) is 14. The number of nitrogens with one attached hydrogen (secondary N) is 2. The van der Waals surface area contributed by atoms with Crippen molar-refractivity contribution in [3.05, 3.63) is 12.7 Å². The zero-order valence-corrected chi connectivity index (χ0v) is 22.7. The molecule has 17 nitrogen and oxygen atoms in total. The number of ether oxygens (including phenoxy) is 1. The van der Waals surface area contributed by atoms with Gasteiger partial charge in [-0.15, -0.1) is 0 Å². The maximum absolute atomic E-state index is 12.3. The van der Waals surface area contributed by atoms with Crippen LogP contribution in [0.15, 0.2) is 12.7 Å². The zero-order chi connectivity index (χ0) is 29.0. The number of carbonyl (C=O) groups excluding carboxylic acids is 2. The fourth-order valence-electron chi connectivity index (χ4n) is 4.64. The number of aliphatic hydroxyl groups is 2. The number of rotatable bonds is 12. The van der Waals surface area contributed by atoms with Gasteiger partial charge in [-0.2, -0.15) is 0 Å². The lowest BCUT2D eigenvalue weighted by atomic mass is 10.0. The van der Waals surface area contributed by atoms with Crippen molar-refractivity contribution in [1.29, 1.82) is 0 Å². The molecule has 0 saturated carbocycles. The van der Waals surface area contributed by atoms with Gasteiger partial charge >= 0.3 is 13.8 Å². The summed E-state index contributed by atoms with van der Waals surface area (Å²) in [7, 11) is -4.93. The summed E-state index contributed by atoms with van der Waals surface area (Å²) >= 11 is 0. The highest BCUT2D eigenvalue weighted by molar-refractivity contribution is 7.48. The van der Waals surface area contributed by atoms with Crippen LogP contribution in [-0.4, -0.2) is 96.6 Å². The maximum Gasteiger partial charge on any atom is 0.529 e. The number of phosphoric ester groups is 1. The third-order valence-corrected chi connectivity index (χ3v) is 7.85. The van der Waals surface area contributed by atoms with Crippen LogP contribution in [0, 0.1) is 5.92 Å². The molecule has 0 spiro atoms. The maximum atomic E-state index is 12.3. The highest BCUT2D eigenvalue weighted by atomic mass is 31.2. The van der Waals surface area contributed by atoms with E-state index >= 15 is 0 Å². The molecule has 2 aliphatic rings. The van der Waals surface area contributed by atoms with Gasteiger partial charge in [0.1, 0.15) is 36.2 Å². The number of aromatic nitrogens is 4. The van der Waals surface area contributed by atoms with Crippen molar-refractivity contribution in [2.45, 2.75) is 69.2 Å². The van der Waals surface area contributed by atoms with Crippen LogP contribution in [0.25, 0.3) is 11.2 Å². The largest absolute Gasteiger partial charge is 0.529 e. The van der Waals surface area contributed by atoms with Gasteiger partial charge in [0, 0.05) is 6.54 Å². The number of fused-ring (bicyclic) bond motifs is 1. The Kier molecular flexibility index (Phi) is 9.68. The fourth-order valence-corrected chi connectivity index (χ4v) is 5.39. The number of unbranched alkanes of at least 4 members (excludes halogenated alkanes) is 1. The second kappa shape index (κ2) is 12.8. The molecular formula is C22H35N8O9P. The van der Waals surface area contributed by atoms with E-state index in [0.29, 0.717) is 19.4 Å². The Morgan fingerprint density at radius 1 is 1.30 bits per heavy atom. The summed E-state index contributed by atoms with van der Waals surface area (Å²) in [6, 6.07) is -1.40. The van der Waals surface area contributed by atoms with Crippen LogP contribution in [0.3, 0.4) is 0 Å². The van der Waals surface area contributed by atoms with Crippen LogP contribution >= 0.6 is 7.82 Å². The first kappa shape index (κ1) is 30.2. The van der Waals surface area contributed by atoms with E-state index < -0.39 is 51.0 Å². The molecule has 1 unspecified atom stereocenters. The van der Waals surface area contributed by atoms with Crippen LogP contribution in [-0.2, 0) is 27.9 Å². The summed E-state index contributed by atoms with van der Waals surface area (Å²) < 4.78 is 28.7. The zero-order valence-electron chi connectivity index (χ0n) is 21.8. The minimum Gasteiger partial charge on any atom is -0.387 e. The highest BCUT2D eigenvalue weighted by Gasteiger charge is 2.45. The molecule has 4 heterocycles. The molecule has 9 N–H and O–H groups in total. The van der Waals surface area contributed by atoms with E-state index in [4.69, 9.17) is 20.7 Å². The molecule has 40 heavy (non-hydrogen) atoms. The molecule has 2 aliphatic heterocycles. The summed E-state index contributed by atoms with van der Waals surface area (Å²) in [5.41, 5.74) is 12.1. The third kappa shape index (κ3) is 6.92. The Morgan fingerprint density at radius 2 is 2.08 bits per heavy atom. The van der Waals surface area contributed by atoms with Gasteiger partial charge in [0.15, 0.2) is 17.7 Å². The van der Waals surface area contributed by atoms with E-state index in [1.165, 1.54) is 17.2 Å². The third-order valence-electron chi connectivity index (χ3n) is 6.97. The second-order valence-electron chi connectivity index (χ2n) is 9.89.